The van der Waals surface area contributed by atoms with Crippen molar-refractivity contribution in [3.05, 3.63) is 29.8 Å². The zero-order valence-electron chi connectivity index (χ0n) is 11.3. The number of carbonyl (C=O) groups is 2. The lowest BCUT2D eigenvalue weighted by atomic mass is 10.1. The van der Waals surface area contributed by atoms with Crippen LogP contribution >= 0.6 is 0 Å². The molecule has 0 spiro atoms. The number of Topliss-reactive ketones (excluding diaryl/α,β-unsaturated/α-hetero) is 1. The second kappa shape index (κ2) is 5.67. The van der Waals surface area contributed by atoms with Crippen molar-refractivity contribution in [3.63, 3.8) is 0 Å². The number of hydrogen-bond acceptors (Lipinski definition) is 3. The highest BCUT2D eigenvalue weighted by Crippen LogP contribution is 2.15. The molecule has 2 N–H and O–H groups in total. The number of hydrogen-bond donors (Lipinski definition) is 2. The molecule has 18 heavy (non-hydrogen) atoms. The highest BCUT2D eigenvalue weighted by atomic mass is 16.2. The maximum atomic E-state index is 11.7. The van der Waals surface area contributed by atoms with Gasteiger partial charge in [0.25, 0.3) is 0 Å². The molecule has 1 aromatic carbocycles. The molecule has 4 nitrogen and oxygen atoms in total. The number of para-hydroxylation sites is 1. The molecule has 0 radical (unpaired) electrons. The van der Waals surface area contributed by atoms with E-state index in [1.807, 2.05) is 26.8 Å². The van der Waals surface area contributed by atoms with Crippen LogP contribution in [-0.2, 0) is 4.79 Å². The smallest absolute Gasteiger partial charge is 0.239 e. The van der Waals surface area contributed by atoms with E-state index >= 15 is 0 Å². The van der Waals surface area contributed by atoms with Gasteiger partial charge < -0.3 is 10.6 Å². The summed E-state index contributed by atoms with van der Waals surface area (Å²) in [5.74, 6) is -0.116. The van der Waals surface area contributed by atoms with E-state index in [1.165, 1.54) is 6.92 Å². The van der Waals surface area contributed by atoms with Crippen LogP contribution in [0.4, 0.5) is 5.69 Å². The molecule has 0 aliphatic heterocycles. The fourth-order valence-electron chi connectivity index (χ4n) is 1.58. The van der Waals surface area contributed by atoms with E-state index in [0.29, 0.717) is 11.3 Å². The van der Waals surface area contributed by atoms with Gasteiger partial charge in [-0.25, -0.2) is 0 Å². The number of nitrogens with one attached hydrogen (secondary N) is 2. The Balaban J connectivity index is 2.64. The molecule has 1 aromatic rings. The molecule has 98 valence electrons. The number of amides is 1. The predicted molar refractivity (Wildman–Crippen MR) is 72.8 cm³/mol. The number of anilines is 1. The Morgan fingerprint density at radius 3 is 2.33 bits per heavy atom. The molecule has 4 heteroatoms. The average Bonchev–Trinajstić information content (AvgIpc) is 2.24. The van der Waals surface area contributed by atoms with Gasteiger partial charge in [0.2, 0.25) is 5.91 Å². The summed E-state index contributed by atoms with van der Waals surface area (Å²) < 4.78 is 0. The number of ketones is 1. The summed E-state index contributed by atoms with van der Waals surface area (Å²) in [6, 6.07) is 7.17. The minimum absolute atomic E-state index is 0.0191. The van der Waals surface area contributed by atoms with Gasteiger partial charge in [-0.1, -0.05) is 12.1 Å². The van der Waals surface area contributed by atoms with Crippen molar-refractivity contribution >= 4 is 17.4 Å². The van der Waals surface area contributed by atoms with Crippen LogP contribution in [0.5, 0.6) is 0 Å². The first-order chi connectivity index (χ1) is 8.29. The summed E-state index contributed by atoms with van der Waals surface area (Å²) in [4.78, 5) is 23.1. The largest absolute Gasteiger partial charge is 0.376 e. The van der Waals surface area contributed by atoms with Crippen molar-refractivity contribution in [2.24, 2.45) is 0 Å². The van der Waals surface area contributed by atoms with E-state index in [9.17, 15) is 9.59 Å². The molecule has 1 rings (SSSR count). The van der Waals surface area contributed by atoms with Gasteiger partial charge in [-0.3, -0.25) is 9.59 Å². The van der Waals surface area contributed by atoms with Gasteiger partial charge in [0, 0.05) is 16.8 Å². The lowest BCUT2D eigenvalue weighted by Crippen LogP contribution is -2.43. The standard InChI is InChI=1S/C14H20N2O2/c1-10(17)11-7-5-6-8-12(11)15-9-13(18)16-14(2,3)4/h5-8,15H,9H2,1-4H3,(H,16,18). The van der Waals surface area contributed by atoms with Crippen LogP contribution in [0.15, 0.2) is 24.3 Å². The predicted octanol–water partition coefficient (Wildman–Crippen LogP) is 2.22. The topological polar surface area (TPSA) is 58.2 Å². The molecule has 0 aliphatic carbocycles. The minimum Gasteiger partial charge on any atom is -0.376 e. The fourth-order valence-corrected chi connectivity index (χ4v) is 1.58. The summed E-state index contributed by atoms with van der Waals surface area (Å²) in [5, 5.41) is 5.84. The van der Waals surface area contributed by atoms with Crippen LogP contribution in [-0.4, -0.2) is 23.8 Å². The molecule has 0 aliphatic rings. The first-order valence-electron chi connectivity index (χ1n) is 5.94. The molecule has 0 fully saturated rings. The molecule has 0 saturated carbocycles. The van der Waals surface area contributed by atoms with Crippen molar-refractivity contribution in [2.75, 3.05) is 11.9 Å². The Bertz CT molecular complexity index is 447. The molecule has 0 unspecified atom stereocenters. The Morgan fingerprint density at radius 2 is 1.78 bits per heavy atom. The Kier molecular flexibility index (Phi) is 4.48. The lowest BCUT2D eigenvalue weighted by Gasteiger charge is -2.21. The van der Waals surface area contributed by atoms with Gasteiger partial charge in [0.1, 0.15) is 0 Å². The summed E-state index contributed by atoms with van der Waals surface area (Å²) in [6.45, 7) is 7.44. The average molecular weight is 248 g/mol. The molecule has 0 saturated heterocycles. The maximum absolute atomic E-state index is 11.7. The van der Waals surface area contributed by atoms with Gasteiger partial charge in [-0.05, 0) is 39.8 Å². The van der Waals surface area contributed by atoms with Crippen molar-refractivity contribution in [3.8, 4) is 0 Å². The zero-order valence-corrected chi connectivity index (χ0v) is 11.3. The van der Waals surface area contributed by atoms with E-state index in [1.54, 1.807) is 18.2 Å². The lowest BCUT2D eigenvalue weighted by molar-refractivity contribution is -0.120. The third kappa shape index (κ3) is 4.57. The van der Waals surface area contributed by atoms with Gasteiger partial charge in [-0.15, -0.1) is 0 Å². The van der Waals surface area contributed by atoms with Gasteiger partial charge in [0.15, 0.2) is 5.78 Å². The van der Waals surface area contributed by atoms with E-state index in [2.05, 4.69) is 10.6 Å². The Hall–Kier alpha value is -1.84. The third-order valence-electron chi connectivity index (χ3n) is 2.26. The van der Waals surface area contributed by atoms with Crippen LogP contribution in [0.2, 0.25) is 0 Å². The molecule has 1 amide bonds. The quantitative estimate of drug-likeness (QED) is 0.803. The van der Waals surface area contributed by atoms with Crippen LogP contribution in [0.1, 0.15) is 38.1 Å². The van der Waals surface area contributed by atoms with Gasteiger partial charge in [0.05, 0.1) is 6.54 Å². The molecular weight excluding hydrogens is 228 g/mol. The Morgan fingerprint density at radius 1 is 1.17 bits per heavy atom. The van der Waals surface area contributed by atoms with Crippen molar-refractivity contribution < 1.29 is 9.59 Å². The molecule has 0 heterocycles. The molecule has 0 bridgehead atoms. The van der Waals surface area contributed by atoms with Crippen LogP contribution in [0.3, 0.4) is 0 Å². The van der Waals surface area contributed by atoms with Crippen LogP contribution in [0.25, 0.3) is 0 Å². The number of rotatable bonds is 4. The highest BCUT2D eigenvalue weighted by Gasteiger charge is 2.14. The number of carbonyl (C=O) groups excluding carboxylic acids is 2. The second-order valence-corrected chi connectivity index (χ2v) is 5.25. The van der Waals surface area contributed by atoms with Crippen LogP contribution < -0.4 is 10.6 Å². The number of benzene rings is 1. The zero-order chi connectivity index (χ0) is 13.8. The second-order valence-electron chi connectivity index (χ2n) is 5.25. The van der Waals surface area contributed by atoms with E-state index in [4.69, 9.17) is 0 Å². The van der Waals surface area contributed by atoms with E-state index in [-0.39, 0.29) is 23.8 Å². The Labute approximate surface area is 108 Å². The molecular formula is C14H20N2O2. The van der Waals surface area contributed by atoms with E-state index in [0.717, 1.165) is 0 Å². The summed E-state index contributed by atoms with van der Waals surface area (Å²) >= 11 is 0. The first-order valence-corrected chi connectivity index (χ1v) is 5.94. The van der Waals surface area contributed by atoms with Crippen molar-refractivity contribution in [1.82, 2.24) is 5.32 Å². The van der Waals surface area contributed by atoms with Crippen molar-refractivity contribution in [1.29, 1.82) is 0 Å². The molecule has 0 aromatic heterocycles. The van der Waals surface area contributed by atoms with E-state index < -0.39 is 0 Å². The maximum Gasteiger partial charge on any atom is 0.239 e. The summed E-state index contributed by atoms with van der Waals surface area (Å²) in [7, 11) is 0. The third-order valence-corrected chi connectivity index (χ3v) is 2.26. The monoisotopic (exact) mass is 248 g/mol. The minimum atomic E-state index is -0.251. The SMILES string of the molecule is CC(=O)c1ccccc1NCC(=O)NC(C)(C)C. The fraction of sp³-hybridized carbons (Fsp3) is 0.429. The highest BCUT2D eigenvalue weighted by molar-refractivity contribution is 6.00. The normalized spacial score (nSPS) is 10.9. The van der Waals surface area contributed by atoms with Gasteiger partial charge in [-0.2, -0.15) is 0 Å². The van der Waals surface area contributed by atoms with Crippen LogP contribution in [0, 0.1) is 0 Å². The summed E-state index contributed by atoms with van der Waals surface area (Å²) in [5.41, 5.74) is 1.04. The molecule has 0 atom stereocenters. The first kappa shape index (κ1) is 14.2. The van der Waals surface area contributed by atoms with Gasteiger partial charge >= 0.3 is 0 Å². The summed E-state index contributed by atoms with van der Waals surface area (Å²) in [6.07, 6.45) is 0. The van der Waals surface area contributed by atoms with Crippen molar-refractivity contribution in [2.45, 2.75) is 33.2 Å².